The van der Waals surface area contributed by atoms with Gasteiger partial charge in [-0.15, -0.1) is 50.9 Å². The molecule has 1 atom stereocenters. The number of rotatable bonds is 0. The Morgan fingerprint density at radius 3 is 0.667 bits per heavy atom. The van der Waals surface area contributed by atoms with Crippen LogP contribution in [0.5, 0.6) is 0 Å². The van der Waals surface area contributed by atoms with Gasteiger partial charge in [-0.3, -0.25) is 0 Å². The van der Waals surface area contributed by atoms with E-state index < -0.39 is 0 Å². The molecule has 0 aliphatic carbocycles. The standard InChI is InChI=1S/4BrH.Li.H3P/h4*1H;;1H3/q;;;;+1;/p-1. The second-order valence-corrected chi connectivity index (χ2v) is 0. The molecule has 0 rings (SSSR count). The van der Waals surface area contributed by atoms with Gasteiger partial charge in [0.1, 0.15) is 0 Å². The molecular weight excluding hydrogens is 358 g/mol. The van der Waals surface area contributed by atoms with Crippen molar-refractivity contribution >= 4 is 60.8 Å². The monoisotopic (exact) mass is 360 g/mol. The van der Waals surface area contributed by atoms with Crippen molar-refractivity contribution in [3.63, 3.8) is 0 Å². The first-order chi connectivity index (χ1) is 0. The van der Waals surface area contributed by atoms with Crippen LogP contribution in [0.15, 0.2) is 0 Å². The van der Waals surface area contributed by atoms with Crippen LogP contribution in [0.2, 0.25) is 0 Å². The van der Waals surface area contributed by atoms with Crippen LogP contribution >= 0.6 is 60.8 Å². The zero-order chi connectivity index (χ0) is 0. The molecule has 0 N–H and O–H groups in total. The first kappa shape index (κ1) is 65.1. The fraction of sp³-hybridized carbons (Fsp3) is 0. The van der Waals surface area contributed by atoms with E-state index in [1.165, 1.54) is 0 Å². The largest absolute Gasteiger partial charge is 1.00 e. The summed E-state index contributed by atoms with van der Waals surface area (Å²) in [7, 11) is 0. The molecule has 0 radical (unpaired) electrons. The molecule has 0 aliphatic rings. The summed E-state index contributed by atoms with van der Waals surface area (Å²) in [5.41, 5.74) is 0. The smallest absolute Gasteiger partial charge is 1.00 e. The van der Waals surface area contributed by atoms with Crippen molar-refractivity contribution in [3.8, 4) is 0 Å². The van der Waals surface area contributed by atoms with Crippen LogP contribution in [0, 0.1) is 0 Å². The maximum atomic E-state index is 0. The number of hydrogen-bond acceptors (Lipinski definition) is 0. The van der Waals surface area contributed by atoms with E-state index in [9.17, 15) is 0 Å². The van der Waals surface area contributed by atoms with Gasteiger partial charge in [0.15, 0.2) is 0 Å². The number of halogens is 4. The molecule has 6 heavy (non-hydrogen) atoms. The van der Waals surface area contributed by atoms with Gasteiger partial charge in [-0.25, -0.2) is 0 Å². The first-order valence-electron chi connectivity index (χ1n) is 0. The van der Waals surface area contributed by atoms with Crippen molar-refractivity contribution in [2.75, 3.05) is 0 Å². The molecule has 0 aromatic carbocycles. The van der Waals surface area contributed by atoms with Gasteiger partial charge in [-0.05, 0) is 0 Å². The second-order valence-electron chi connectivity index (χ2n) is 0. The van der Waals surface area contributed by atoms with E-state index in [0.29, 0.717) is 0 Å². The molecule has 40 valence electrons. The van der Waals surface area contributed by atoms with Gasteiger partial charge in [0.25, 0.3) is 0 Å². The third-order valence-electron chi connectivity index (χ3n) is 0. The van der Waals surface area contributed by atoms with Crippen LogP contribution in [0.25, 0.3) is 0 Å². The van der Waals surface area contributed by atoms with Crippen molar-refractivity contribution in [1.82, 2.24) is 0 Å². The van der Waals surface area contributed by atoms with Gasteiger partial charge >= 0.3 is 18.9 Å². The molecule has 6 heteroatoms. The Morgan fingerprint density at radius 1 is 0.667 bits per heavy atom. The molecule has 0 aromatic rings. The zero-order valence-electron chi connectivity index (χ0n) is 3.31. The predicted octanol–water partition coefficient (Wildman–Crippen LogP) is -4.20. The van der Waals surface area contributed by atoms with Crippen LogP contribution in [0.1, 0.15) is 0 Å². The summed E-state index contributed by atoms with van der Waals surface area (Å²) in [6, 6.07) is 0. The van der Waals surface area contributed by atoms with Crippen molar-refractivity contribution in [3.05, 3.63) is 0 Å². The summed E-state index contributed by atoms with van der Waals surface area (Å²) in [6.07, 6.45) is 0. The molecule has 0 bridgehead atoms. The fourth-order valence-electron chi connectivity index (χ4n) is 0. The van der Waals surface area contributed by atoms with Gasteiger partial charge in [-0.1, -0.05) is 0 Å². The van der Waals surface area contributed by atoms with Crippen molar-refractivity contribution in [1.29, 1.82) is 0 Å². The SMILES string of the molecule is Br.Br.Br.P.[Br-].[Li+]. The summed E-state index contributed by atoms with van der Waals surface area (Å²) < 4.78 is 0. The molecule has 0 nitrogen and oxygen atoms in total. The Labute approximate surface area is 95.5 Å². The Morgan fingerprint density at radius 2 is 0.667 bits per heavy atom. The Kier molecular flexibility index (Phi) is 479. The first-order valence-corrected chi connectivity index (χ1v) is 0. The van der Waals surface area contributed by atoms with E-state index in [1.54, 1.807) is 0 Å². The molecule has 0 spiro atoms. The maximum absolute atomic E-state index is 0. The van der Waals surface area contributed by atoms with E-state index in [-0.39, 0.29) is 96.7 Å². The summed E-state index contributed by atoms with van der Waals surface area (Å²) in [4.78, 5) is 0. The third-order valence-corrected chi connectivity index (χ3v) is 0. The summed E-state index contributed by atoms with van der Waals surface area (Å²) in [5, 5.41) is 0. The molecule has 0 aromatic heterocycles. The van der Waals surface area contributed by atoms with E-state index in [4.69, 9.17) is 0 Å². The predicted molar refractivity (Wildman–Crippen MR) is 42.1 cm³/mol. The maximum Gasteiger partial charge on any atom is 1.00 e. The van der Waals surface area contributed by atoms with Crippen molar-refractivity contribution in [2.24, 2.45) is 0 Å². The molecule has 1 unspecified atom stereocenters. The van der Waals surface area contributed by atoms with Gasteiger partial charge in [0, 0.05) is 0 Å². The minimum Gasteiger partial charge on any atom is -1.00 e. The average Bonchev–Trinajstić information content (AvgIpc) is 0. The van der Waals surface area contributed by atoms with Crippen molar-refractivity contribution < 1.29 is 35.8 Å². The van der Waals surface area contributed by atoms with Crippen LogP contribution < -0.4 is 35.8 Å². The Bertz CT molecular complexity index is 7.51. The molecular formula is H6Br4LiP. The molecule has 0 aliphatic heterocycles. The van der Waals surface area contributed by atoms with Crippen LogP contribution in [-0.4, -0.2) is 0 Å². The summed E-state index contributed by atoms with van der Waals surface area (Å²) >= 11 is 0. The van der Waals surface area contributed by atoms with E-state index in [2.05, 4.69) is 0 Å². The normalized spacial score (nSPS) is 0. The summed E-state index contributed by atoms with van der Waals surface area (Å²) in [6.45, 7) is 0. The van der Waals surface area contributed by atoms with Gasteiger partial charge in [-0.2, -0.15) is 9.90 Å². The molecule has 0 fully saturated rings. The van der Waals surface area contributed by atoms with E-state index >= 15 is 0 Å². The summed E-state index contributed by atoms with van der Waals surface area (Å²) in [5.74, 6) is 0. The Hall–Kier alpha value is 2.95. The van der Waals surface area contributed by atoms with Crippen LogP contribution in [0.4, 0.5) is 0 Å². The third kappa shape index (κ3) is 28.3. The molecule has 0 saturated carbocycles. The number of hydrogen-bond donors (Lipinski definition) is 0. The minimum atomic E-state index is 0. The van der Waals surface area contributed by atoms with Crippen LogP contribution in [-0.2, 0) is 0 Å². The van der Waals surface area contributed by atoms with Gasteiger partial charge in [0.2, 0.25) is 0 Å². The van der Waals surface area contributed by atoms with Gasteiger partial charge in [0.05, 0.1) is 0 Å². The Balaban J connectivity index is 0. The minimum absolute atomic E-state index is 0. The van der Waals surface area contributed by atoms with E-state index in [0.717, 1.165) is 0 Å². The van der Waals surface area contributed by atoms with Gasteiger partial charge < -0.3 is 17.0 Å². The zero-order valence-corrected chi connectivity index (χ0v) is 11.4. The van der Waals surface area contributed by atoms with Crippen LogP contribution in [0.3, 0.4) is 0 Å². The molecule has 0 saturated heterocycles. The molecule has 0 heterocycles. The van der Waals surface area contributed by atoms with Crippen molar-refractivity contribution in [2.45, 2.75) is 0 Å². The van der Waals surface area contributed by atoms with E-state index in [1.807, 2.05) is 0 Å². The average molecular weight is 364 g/mol. The quantitative estimate of drug-likeness (QED) is 0.303. The second kappa shape index (κ2) is 44.2. The topological polar surface area (TPSA) is 0 Å². The fourth-order valence-corrected chi connectivity index (χ4v) is 0. The molecule has 0 amide bonds.